The number of carbonyl (C=O) groups is 1. The van der Waals surface area contributed by atoms with Gasteiger partial charge in [-0.3, -0.25) is 4.79 Å². The first-order valence-corrected chi connectivity index (χ1v) is 8.25. The van der Waals surface area contributed by atoms with E-state index in [-0.39, 0.29) is 17.4 Å². The fourth-order valence-electron chi connectivity index (χ4n) is 2.64. The lowest BCUT2D eigenvalue weighted by atomic mass is 9.95. The number of rotatable bonds is 2. The number of halogens is 1. The molecule has 25 heavy (non-hydrogen) atoms. The Hall–Kier alpha value is -2.75. The van der Waals surface area contributed by atoms with Crippen LogP contribution in [0.5, 0.6) is 0 Å². The van der Waals surface area contributed by atoms with Crippen LogP contribution in [0.4, 0.5) is 10.1 Å². The minimum Gasteiger partial charge on any atom is -0.325 e. The van der Waals surface area contributed by atoms with Gasteiger partial charge >= 0.3 is 0 Å². The van der Waals surface area contributed by atoms with Crippen molar-refractivity contribution in [3.05, 3.63) is 59.9 Å². The largest absolute Gasteiger partial charge is 0.325 e. The van der Waals surface area contributed by atoms with Crippen LogP contribution in [-0.4, -0.2) is 10.9 Å². The number of para-hydroxylation sites is 2. The molecule has 0 saturated heterocycles. The van der Waals surface area contributed by atoms with Gasteiger partial charge < -0.3 is 5.32 Å². The van der Waals surface area contributed by atoms with Crippen molar-refractivity contribution < 1.29 is 9.18 Å². The van der Waals surface area contributed by atoms with Crippen LogP contribution in [0.3, 0.4) is 0 Å². The van der Waals surface area contributed by atoms with Crippen LogP contribution in [0.1, 0.15) is 26.3 Å². The summed E-state index contributed by atoms with van der Waals surface area (Å²) in [6.45, 7) is 7.26. The number of nitrogens with one attached hydrogen (secondary N) is 1. The number of anilines is 1. The highest BCUT2D eigenvalue weighted by Crippen LogP contribution is 2.33. The van der Waals surface area contributed by atoms with Crippen molar-refractivity contribution in [3.63, 3.8) is 0 Å². The number of pyridine rings is 1. The summed E-state index contributed by atoms with van der Waals surface area (Å²) in [5, 5.41) is 3.69. The molecule has 4 heteroatoms. The number of carbonyl (C=O) groups excluding carboxylic acids is 1. The molecule has 1 amide bonds. The molecule has 0 aliphatic carbocycles. The van der Waals surface area contributed by atoms with Gasteiger partial charge in [0.2, 0.25) is 5.91 Å². The van der Waals surface area contributed by atoms with E-state index in [0.717, 1.165) is 10.9 Å². The van der Waals surface area contributed by atoms with Crippen molar-refractivity contribution in [1.82, 2.24) is 4.98 Å². The summed E-state index contributed by atoms with van der Waals surface area (Å²) < 4.78 is 15.0. The van der Waals surface area contributed by atoms with Crippen molar-refractivity contribution in [3.8, 4) is 11.3 Å². The SMILES string of the molecule is Cc1c(F)c(-c2ccccc2NC(=O)C(C)(C)C)nc2ccccc12. The first kappa shape index (κ1) is 17.1. The van der Waals surface area contributed by atoms with E-state index in [0.29, 0.717) is 16.8 Å². The van der Waals surface area contributed by atoms with Gasteiger partial charge in [-0.05, 0) is 24.6 Å². The monoisotopic (exact) mass is 336 g/mol. The lowest BCUT2D eigenvalue weighted by molar-refractivity contribution is -0.123. The van der Waals surface area contributed by atoms with Gasteiger partial charge in [0.05, 0.1) is 11.2 Å². The van der Waals surface area contributed by atoms with Gasteiger partial charge in [-0.15, -0.1) is 0 Å². The Labute approximate surface area is 146 Å². The average molecular weight is 336 g/mol. The van der Waals surface area contributed by atoms with Gasteiger partial charge in [-0.2, -0.15) is 0 Å². The van der Waals surface area contributed by atoms with E-state index in [4.69, 9.17) is 0 Å². The number of hydrogen-bond acceptors (Lipinski definition) is 2. The smallest absolute Gasteiger partial charge is 0.229 e. The van der Waals surface area contributed by atoms with E-state index >= 15 is 0 Å². The zero-order chi connectivity index (χ0) is 18.2. The second-order valence-electron chi connectivity index (χ2n) is 7.17. The molecule has 0 radical (unpaired) electrons. The third-order valence-electron chi connectivity index (χ3n) is 4.19. The van der Waals surface area contributed by atoms with E-state index in [1.165, 1.54) is 0 Å². The lowest BCUT2D eigenvalue weighted by Gasteiger charge is -2.19. The molecular weight excluding hydrogens is 315 g/mol. The van der Waals surface area contributed by atoms with Crippen LogP contribution < -0.4 is 5.32 Å². The molecule has 3 nitrogen and oxygen atoms in total. The van der Waals surface area contributed by atoms with Crippen LogP contribution in [0.2, 0.25) is 0 Å². The van der Waals surface area contributed by atoms with E-state index in [9.17, 15) is 9.18 Å². The molecule has 3 aromatic rings. The zero-order valence-corrected chi connectivity index (χ0v) is 14.9. The molecule has 3 rings (SSSR count). The maximum Gasteiger partial charge on any atom is 0.229 e. The predicted octanol–water partition coefficient (Wildman–Crippen LogP) is 5.33. The minimum atomic E-state index is -0.543. The van der Waals surface area contributed by atoms with Crippen molar-refractivity contribution in [1.29, 1.82) is 0 Å². The molecule has 0 bridgehead atoms. The molecule has 1 aromatic heterocycles. The molecule has 128 valence electrons. The summed E-state index contributed by atoms with van der Waals surface area (Å²) in [4.78, 5) is 16.9. The second kappa shape index (κ2) is 6.28. The quantitative estimate of drug-likeness (QED) is 0.687. The highest BCUT2D eigenvalue weighted by atomic mass is 19.1. The normalized spacial score (nSPS) is 11.6. The Morgan fingerprint density at radius 3 is 2.40 bits per heavy atom. The third-order valence-corrected chi connectivity index (χ3v) is 4.19. The molecule has 0 spiro atoms. The second-order valence-corrected chi connectivity index (χ2v) is 7.17. The standard InChI is InChI=1S/C21H21FN2O/c1-13-14-9-5-7-11-16(14)23-19(18(13)22)15-10-6-8-12-17(15)24-20(25)21(2,3)4/h5-12H,1-4H3,(H,24,25). The van der Waals surface area contributed by atoms with Gasteiger partial charge in [-0.25, -0.2) is 9.37 Å². The maximum absolute atomic E-state index is 15.0. The Balaban J connectivity index is 2.16. The Kier molecular flexibility index (Phi) is 4.29. The van der Waals surface area contributed by atoms with Gasteiger partial charge in [0.15, 0.2) is 5.82 Å². The number of aromatic nitrogens is 1. The third kappa shape index (κ3) is 3.25. The molecule has 0 aliphatic heterocycles. The van der Waals surface area contributed by atoms with Crippen LogP contribution in [-0.2, 0) is 4.79 Å². The summed E-state index contributed by atoms with van der Waals surface area (Å²) in [6.07, 6.45) is 0. The van der Waals surface area contributed by atoms with Gasteiger partial charge in [0.1, 0.15) is 5.69 Å². The first-order valence-electron chi connectivity index (χ1n) is 8.25. The molecule has 0 aliphatic rings. The van der Waals surface area contributed by atoms with Crippen molar-refractivity contribution in [2.75, 3.05) is 5.32 Å². The number of fused-ring (bicyclic) bond motifs is 1. The average Bonchev–Trinajstić information content (AvgIpc) is 2.58. The van der Waals surface area contributed by atoms with Crippen molar-refractivity contribution in [2.45, 2.75) is 27.7 Å². The zero-order valence-electron chi connectivity index (χ0n) is 14.9. The van der Waals surface area contributed by atoms with Gasteiger partial charge in [-0.1, -0.05) is 57.2 Å². The van der Waals surface area contributed by atoms with Crippen LogP contribution in [0.25, 0.3) is 22.2 Å². The number of nitrogens with zero attached hydrogens (tertiary/aromatic N) is 1. The first-order chi connectivity index (χ1) is 11.8. The fourth-order valence-corrected chi connectivity index (χ4v) is 2.64. The number of amides is 1. The molecule has 0 fully saturated rings. The summed E-state index contributed by atoms with van der Waals surface area (Å²) in [5.74, 6) is -0.492. The lowest BCUT2D eigenvalue weighted by Crippen LogP contribution is -2.27. The van der Waals surface area contributed by atoms with E-state index in [2.05, 4.69) is 10.3 Å². The molecule has 1 N–H and O–H groups in total. The van der Waals surface area contributed by atoms with Crippen molar-refractivity contribution >= 4 is 22.5 Å². The highest BCUT2D eigenvalue weighted by Gasteiger charge is 2.23. The Bertz CT molecular complexity index is 958. The van der Waals surface area contributed by atoms with Gasteiger partial charge in [0.25, 0.3) is 0 Å². The van der Waals surface area contributed by atoms with E-state index in [1.807, 2.05) is 57.2 Å². The molecular formula is C21H21FN2O. The van der Waals surface area contributed by atoms with Crippen LogP contribution >= 0.6 is 0 Å². The molecule has 0 unspecified atom stereocenters. The molecule has 0 atom stereocenters. The fraction of sp³-hybridized carbons (Fsp3) is 0.238. The topological polar surface area (TPSA) is 42.0 Å². The Morgan fingerprint density at radius 1 is 1.04 bits per heavy atom. The molecule has 0 saturated carbocycles. The number of benzene rings is 2. The molecule has 1 heterocycles. The van der Waals surface area contributed by atoms with E-state index < -0.39 is 5.41 Å². The van der Waals surface area contributed by atoms with Crippen LogP contribution in [0.15, 0.2) is 48.5 Å². The van der Waals surface area contributed by atoms with E-state index in [1.54, 1.807) is 19.1 Å². The van der Waals surface area contributed by atoms with Gasteiger partial charge in [0, 0.05) is 16.4 Å². The summed E-state index contributed by atoms with van der Waals surface area (Å²) in [6, 6.07) is 14.6. The van der Waals surface area contributed by atoms with Crippen LogP contribution in [0, 0.1) is 18.2 Å². The summed E-state index contributed by atoms with van der Waals surface area (Å²) in [7, 11) is 0. The number of hydrogen-bond donors (Lipinski definition) is 1. The molecule has 2 aromatic carbocycles. The highest BCUT2D eigenvalue weighted by molar-refractivity contribution is 5.98. The van der Waals surface area contributed by atoms with Crippen molar-refractivity contribution in [2.24, 2.45) is 5.41 Å². The maximum atomic E-state index is 15.0. The predicted molar refractivity (Wildman–Crippen MR) is 100.0 cm³/mol. The summed E-state index contributed by atoms with van der Waals surface area (Å²) >= 11 is 0. The Morgan fingerprint density at radius 2 is 1.68 bits per heavy atom. The number of aryl methyl sites for hydroxylation is 1. The minimum absolute atomic E-state index is 0.127. The summed E-state index contributed by atoms with van der Waals surface area (Å²) in [5.41, 5.74) is 2.13.